The van der Waals surface area contributed by atoms with Crippen LogP contribution in [0, 0.1) is 0 Å². The highest BCUT2D eigenvalue weighted by Crippen LogP contribution is 2.18. The van der Waals surface area contributed by atoms with E-state index < -0.39 is 6.10 Å². The molecule has 0 spiro atoms. The molecule has 26 heavy (non-hydrogen) atoms. The molecule has 1 heterocycles. The minimum atomic E-state index is -0.634. The lowest BCUT2D eigenvalue weighted by molar-refractivity contribution is 0.0534. The van der Waals surface area contributed by atoms with Crippen LogP contribution in [0.1, 0.15) is 21.5 Å². The van der Waals surface area contributed by atoms with Gasteiger partial charge < -0.3 is 19.5 Å². The van der Waals surface area contributed by atoms with Gasteiger partial charge >= 0.3 is 0 Å². The van der Waals surface area contributed by atoms with Crippen molar-refractivity contribution in [2.75, 3.05) is 33.4 Å². The van der Waals surface area contributed by atoms with Crippen LogP contribution in [0.4, 0.5) is 0 Å². The molecule has 1 aliphatic rings. The molecule has 1 atom stereocenters. The van der Waals surface area contributed by atoms with E-state index in [1.54, 1.807) is 12.0 Å². The van der Waals surface area contributed by atoms with E-state index in [2.05, 4.69) is 6.07 Å². The predicted octanol–water partition coefficient (Wildman–Crippen LogP) is 2.31. The lowest BCUT2D eigenvalue weighted by Gasteiger charge is -2.22. The van der Waals surface area contributed by atoms with Gasteiger partial charge in [-0.15, -0.1) is 0 Å². The van der Waals surface area contributed by atoms with Crippen molar-refractivity contribution < 1.29 is 19.4 Å². The molecule has 2 aromatic carbocycles. The number of aryl methyl sites for hydroxylation is 2. The number of rotatable bonds is 5. The second-order valence-electron chi connectivity index (χ2n) is 6.49. The van der Waals surface area contributed by atoms with E-state index in [1.807, 2.05) is 42.5 Å². The summed E-state index contributed by atoms with van der Waals surface area (Å²) in [6.07, 6.45) is 0.959. The molecule has 0 aliphatic carbocycles. The fraction of sp³-hybridized carbons (Fsp3) is 0.381. The third kappa shape index (κ3) is 4.62. The summed E-state index contributed by atoms with van der Waals surface area (Å²) in [4.78, 5) is 14.7. The molecular formula is C21H25NO4. The smallest absolute Gasteiger partial charge is 0.254 e. The average Bonchev–Trinajstić information content (AvgIpc) is 2.90. The number of hydrogen-bond acceptors (Lipinski definition) is 4. The lowest BCUT2D eigenvalue weighted by Crippen LogP contribution is -2.38. The van der Waals surface area contributed by atoms with Gasteiger partial charge in [0, 0.05) is 18.7 Å². The van der Waals surface area contributed by atoms with Crippen molar-refractivity contribution in [3.8, 4) is 5.75 Å². The monoisotopic (exact) mass is 355 g/mol. The third-order valence-corrected chi connectivity index (χ3v) is 4.60. The zero-order chi connectivity index (χ0) is 18.4. The van der Waals surface area contributed by atoms with Crippen molar-refractivity contribution in [1.29, 1.82) is 0 Å². The van der Waals surface area contributed by atoms with Gasteiger partial charge in [0.05, 0.1) is 26.4 Å². The Balaban J connectivity index is 1.73. The molecule has 1 N–H and O–H groups in total. The number of carbonyl (C=O) groups excluding carboxylic acids is 1. The first-order valence-corrected chi connectivity index (χ1v) is 8.93. The Labute approximate surface area is 154 Å². The maximum atomic E-state index is 13.0. The maximum absolute atomic E-state index is 13.0. The Bertz CT molecular complexity index is 746. The van der Waals surface area contributed by atoms with Gasteiger partial charge in [-0.25, -0.2) is 0 Å². The van der Waals surface area contributed by atoms with Crippen LogP contribution in [0.25, 0.3) is 0 Å². The van der Waals surface area contributed by atoms with Crippen LogP contribution >= 0.6 is 0 Å². The van der Waals surface area contributed by atoms with Gasteiger partial charge in [0.15, 0.2) is 0 Å². The summed E-state index contributed by atoms with van der Waals surface area (Å²) in [6.45, 7) is 1.54. The SMILES string of the molecule is COc1cccc(CCc2ccccc2C(=O)N2CCOC[C@H](O)C2)c1. The minimum Gasteiger partial charge on any atom is -0.497 e. The quantitative estimate of drug-likeness (QED) is 0.894. The van der Waals surface area contributed by atoms with Crippen molar-refractivity contribution >= 4 is 5.91 Å². The van der Waals surface area contributed by atoms with E-state index in [0.717, 1.165) is 24.2 Å². The molecule has 0 unspecified atom stereocenters. The van der Waals surface area contributed by atoms with E-state index in [4.69, 9.17) is 9.47 Å². The van der Waals surface area contributed by atoms with E-state index in [-0.39, 0.29) is 12.5 Å². The molecule has 3 rings (SSSR count). The topological polar surface area (TPSA) is 59.0 Å². The van der Waals surface area contributed by atoms with Crippen molar-refractivity contribution in [3.05, 3.63) is 65.2 Å². The van der Waals surface area contributed by atoms with Crippen LogP contribution in [-0.2, 0) is 17.6 Å². The van der Waals surface area contributed by atoms with Crippen LogP contribution in [-0.4, -0.2) is 55.4 Å². The molecular weight excluding hydrogens is 330 g/mol. The zero-order valence-electron chi connectivity index (χ0n) is 15.1. The summed E-state index contributed by atoms with van der Waals surface area (Å²) in [5, 5.41) is 9.90. The highest BCUT2D eigenvalue weighted by molar-refractivity contribution is 5.95. The molecule has 0 saturated carbocycles. The number of nitrogens with zero attached hydrogens (tertiary/aromatic N) is 1. The summed E-state index contributed by atoms with van der Waals surface area (Å²) in [5.41, 5.74) is 2.88. The molecule has 0 aromatic heterocycles. The molecule has 5 nitrogen and oxygen atoms in total. The molecule has 1 aliphatic heterocycles. The van der Waals surface area contributed by atoms with E-state index >= 15 is 0 Å². The molecule has 2 aromatic rings. The molecule has 138 valence electrons. The van der Waals surface area contributed by atoms with Crippen LogP contribution in [0.3, 0.4) is 0 Å². The Kier molecular flexibility index (Phi) is 6.26. The first-order chi connectivity index (χ1) is 12.7. The van der Waals surface area contributed by atoms with Gasteiger partial charge in [0.2, 0.25) is 0 Å². The Hall–Kier alpha value is -2.37. The summed E-state index contributed by atoms with van der Waals surface area (Å²) in [7, 11) is 1.66. The predicted molar refractivity (Wildman–Crippen MR) is 99.6 cm³/mol. The maximum Gasteiger partial charge on any atom is 0.254 e. The van der Waals surface area contributed by atoms with Gasteiger partial charge in [-0.1, -0.05) is 30.3 Å². The summed E-state index contributed by atoms with van der Waals surface area (Å²) >= 11 is 0. The largest absolute Gasteiger partial charge is 0.497 e. The number of aliphatic hydroxyl groups excluding tert-OH is 1. The Morgan fingerprint density at radius 1 is 1.23 bits per heavy atom. The summed E-state index contributed by atoms with van der Waals surface area (Å²) in [6, 6.07) is 15.7. The number of hydrogen-bond donors (Lipinski definition) is 1. The minimum absolute atomic E-state index is 0.0456. The highest BCUT2D eigenvalue weighted by Gasteiger charge is 2.23. The molecule has 1 saturated heterocycles. The number of β-amino-alcohol motifs (C(OH)–C–C–N with tert-alkyl or cyclic N) is 1. The first-order valence-electron chi connectivity index (χ1n) is 8.93. The van der Waals surface area contributed by atoms with E-state index in [0.29, 0.717) is 25.3 Å². The van der Waals surface area contributed by atoms with E-state index in [1.165, 1.54) is 5.56 Å². The molecule has 1 fully saturated rings. The van der Waals surface area contributed by atoms with Crippen LogP contribution in [0.15, 0.2) is 48.5 Å². The number of carbonyl (C=O) groups is 1. The lowest BCUT2D eigenvalue weighted by atomic mass is 9.98. The second kappa shape index (κ2) is 8.83. The molecule has 5 heteroatoms. The number of aliphatic hydroxyl groups is 1. The van der Waals surface area contributed by atoms with Gasteiger partial charge in [-0.05, 0) is 42.2 Å². The zero-order valence-corrected chi connectivity index (χ0v) is 15.1. The normalized spacial score (nSPS) is 17.6. The van der Waals surface area contributed by atoms with Crippen molar-refractivity contribution in [1.82, 2.24) is 4.90 Å². The molecule has 0 bridgehead atoms. The van der Waals surface area contributed by atoms with E-state index in [9.17, 15) is 9.90 Å². The fourth-order valence-electron chi connectivity index (χ4n) is 3.20. The van der Waals surface area contributed by atoms with Gasteiger partial charge in [-0.2, -0.15) is 0 Å². The molecule has 0 radical (unpaired) electrons. The number of benzene rings is 2. The third-order valence-electron chi connectivity index (χ3n) is 4.60. The number of methoxy groups -OCH3 is 1. The second-order valence-corrected chi connectivity index (χ2v) is 6.49. The summed E-state index contributed by atoms with van der Waals surface area (Å²) < 4.78 is 10.6. The Morgan fingerprint density at radius 2 is 2.08 bits per heavy atom. The van der Waals surface area contributed by atoms with Crippen molar-refractivity contribution in [3.63, 3.8) is 0 Å². The van der Waals surface area contributed by atoms with Crippen molar-refractivity contribution in [2.45, 2.75) is 18.9 Å². The average molecular weight is 355 g/mol. The Morgan fingerprint density at radius 3 is 2.92 bits per heavy atom. The van der Waals surface area contributed by atoms with Gasteiger partial charge in [0.25, 0.3) is 5.91 Å². The standard InChI is InChI=1S/C21H25NO4/c1-25-19-7-4-5-16(13-19)9-10-17-6-2-3-8-20(17)21(24)22-11-12-26-15-18(23)14-22/h2-8,13,18,23H,9-12,14-15H2,1H3/t18-/m1/s1. The van der Waals surface area contributed by atoms with Crippen LogP contribution in [0.2, 0.25) is 0 Å². The van der Waals surface area contributed by atoms with Crippen LogP contribution < -0.4 is 4.74 Å². The van der Waals surface area contributed by atoms with Gasteiger partial charge in [-0.3, -0.25) is 4.79 Å². The summed E-state index contributed by atoms with van der Waals surface area (Å²) in [5.74, 6) is 0.793. The van der Waals surface area contributed by atoms with Gasteiger partial charge in [0.1, 0.15) is 5.75 Å². The van der Waals surface area contributed by atoms with Crippen LogP contribution in [0.5, 0.6) is 5.75 Å². The fourth-order valence-corrected chi connectivity index (χ4v) is 3.20. The van der Waals surface area contributed by atoms with Crippen molar-refractivity contribution in [2.24, 2.45) is 0 Å². The number of amides is 1. The highest BCUT2D eigenvalue weighted by atomic mass is 16.5. The molecule has 1 amide bonds. The number of ether oxygens (including phenoxy) is 2. The first kappa shape index (κ1) is 18.4.